The summed E-state index contributed by atoms with van der Waals surface area (Å²) >= 11 is 0. The molecular weight excluding hydrogens is 350 g/mol. The molecule has 1 N–H and O–H groups in total. The molecule has 5 nitrogen and oxygen atoms in total. The van der Waals surface area contributed by atoms with Crippen molar-refractivity contribution >= 4 is 17.5 Å². The van der Waals surface area contributed by atoms with Gasteiger partial charge in [0.25, 0.3) is 5.91 Å². The Balaban J connectivity index is 1.46. The summed E-state index contributed by atoms with van der Waals surface area (Å²) in [6, 6.07) is 12.7. The van der Waals surface area contributed by atoms with Crippen LogP contribution in [0.5, 0.6) is 0 Å². The van der Waals surface area contributed by atoms with Crippen LogP contribution in [0.15, 0.2) is 60.3 Å². The van der Waals surface area contributed by atoms with E-state index in [0.29, 0.717) is 17.8 Å². The second kappa shape index (κ2) is 8.38. The van der Waals surface area contributed by atoms with Gasteiger partial charge in [0.05, 0.1) is 23.7 Å². The Morgan fingerprint density at radius 1 is 1.14 bits per heavy atom. The maximum absolute atomic E-state index is 13.0. The molecule has 28 heavy (non-hydrogen) atoms. The number of aromatic nitrogens is 1. The van der Waals surface area contributed by atoms with Crippen molar-refractivity contribution in [2.75, 3.05) is 11.4 Å². The Hall–Kier alpha value is -2.95. The molecule has 1 aliphatic heterocycles. The number of pyridine rings is 1. The predicted octanol–water partition coefficient (Wildman–Crippen LogP) is 4.18. The predicted molar refractivity (Wildman–Crippen MR) is 109 cm³/mol. The van der Waals surface area contributed by atoms with Gasteiger partial charge in [0, 0.05) is 18.4 Å². The maximum Gasteiger partial charge on any atom is 0.260 e. The molecule has 0 fully saturated rings. The molecule has 0 radical (unpaired) electrons. The van der Waals surface area contributed by atoms with Crippen LogP contribution in [0.2, 0.25) is 0 Å². The minimum absolute atomic E-state index is 0.0476. The first-order valence-electron chi connectivity index (χ1n) is 10.0. The highest BCUT2D eigenvalue weighted by atomic mass is 16.2. The lowest BCUT2D eigenvalue weighted by atomic mass is 9.97. The molecule has 0 bridgehead atoms. The summed E-state index contributed by atoms with van der Waals surface area (Å²) in [6.45, 7) is 0.645. The smallest absolute Gasteiger partial charge is 0.260 e. The molecule has 2 amide bonds. The number of benzene rings is 1. The molecule has 0 saturated heterocycles. The average molecular weight is 375 g/mol. The quantitative estimate of drug-likeness (QED) is 0.771. The number of carbonyl (C=O) groups excluding carboxylic acids is 2. The van der Waals surface area contributed by atoms with Gasteiger partial charge in [-0.2, -0.15) is 0 Å². The largest absolute Gasteiger partial charge is 0.356 e. The van der Waals surface area contributed by atoms with Crippen LogP contribution in [0, 0.1) is 0 Å². The van der Waals surface area contributed by atoms with Gasteiger partial charge in [-0.05, 0) is 56.4 Å². The second-order valence-electron chi connectivity index (χ2n) is 7.37. The molecule has 0 saturated carbocycles. The minimum Gasteiger partial charge on any atom is -0.356 e. The molecule has 1 aromatic heterocycles. The summed E-state index contributed by atoms with van der Waals surface area (Å²) in [6.07, 6.45) is 9.93. The van der Waals surface area contributed by atoms with E-state index in [1.807, 2.05) is 30.3 Å². The zero-order chi connectivity index (χ0) is 19.3. The summed E-state index contributed by atoms with van der Waals surface area (Å²) in [4.78, 5) is 31.7. The van der Waals surface area contributed by atoms with Gasteiger partial charge in [0.1, 0.15) is 0 Å². The van der Waals surface area contributed by atoms with Crippen LogP contribution in [-0.2, 0) is 4.79 Å². The molecule has 1 aliphatic carbocycles. The van der Waals surface area contributed by atoms with E-state index in [1.165, 1.54) is 18.4 Å². The van der Waals surface area contributed by atoms with Gasteiger partial charge in [0.2, 0.25) is 5.91 Å². The molecule has 0 spiro atoms. The van der Waals surface area contributed by atoms with E-state index in [1.54, 1.807) is 23.2 Å². The van der Waals surface area contributed by atoms with Crippen molar-refractivity contribution in [3.05, 3.63) is 71.6 Å². The highest BCUT2D eigenvalue weighted by molar-refractivity contribution is 6.11. The standard InChI is InChI=1S/C23H25N3O2/c27-21(24-15-13-17-8-3-1-4-9-17)16-20-22-19(12-7-14-25-22)23(28)26(20)18-10-5-2-6-11-18/h2,5-8,10-12,14,20H,1,3-4,9,13,15-16H2,(H,24,27). The molecular formula is C23H25N3O2. The first kappa shape index (κ1) is 18.4. The van der Waals surface area contributed by atoms with E-state index in [9.17, 15) is 9.59 Å². The number of para-hydroxylation sites is 1. The molecule has 1 aromatic carbocycles. The van der Waals surface area contributed by atoms with Crippen molar-refractivity contribution in [3.63, 3.8) is 0 Å². The average Bonchev–Trinajstić information content (AvgIpc) is 3.01. The zero-order valence-electron chi connectivity index (χ0n) is 15.9. The summed E-state index contributed by atoms with van der Waals surface area (Å²) in [7, 11) is 0. The summed E-state index contributed by atoms with van der Waals surface area (Å²) in [5.74, 6) is -0.145. The maximum atomic E-state index is 13.0. The molecule has 144 valence electrons. The Bertz CT molecular complexity index is 892. The van der Waals surface area contributed by atoms with Crippen molar-refractivity contribution in [3.8, 4) is 0 Å². The van der Waals surface area contributed by atoms with Crippen molar-refractivity contribution in [1.82, 2.24) is 10.3 Å². The SMILES string of the molecule is O=C(CC1c2ncccc2C(=O)N1c1ccccc1)NCCC1=CCCCC1. The minimum atomic E-state index is -0.375. The highest BCUT2D eigenvalue weighted by Crippen LogP contribution is 2.38. The number of amides is 2. The lowest BCUT2D eigenvalue weighted by Crippen LogP contribution is -2.33. The topological polar surface area (TPSA) is 62.3 Å². The molecule has 2 heterocycles. The number of fused-ring (bicyclic) bond motifs is 1. The fourth-order valence-corrected chi connectivity index (χ4v) is 4.07. The van der Waals surface area contributed by atoms with Crippen LogP contribution in [0.3, 0.4) is 0 Å². The third-order valence-corrected chi connectivity index (χ3v) is 5.48. The Labute approximate surface area is 165 Å². The number of nitrogens with one attached hydrogen (secondary N) is 1. The Morgan fingerprint density at radius 2 is 2.00 bits per heavy atom. The number of allylic oxidation sites excluding steroid dienone is 1. The van der Waals surface area contributed by atoms with Gasteiger partial charge in [0.15, 0.2) is 0 Å². The number of anilines is 1. The van der Waals surface area contributed by atoms with Crippen molar-refractivity contribution in [2.45, 2.75) is 44.6 Å². The van der Waals surface area contributed by atoms with E-state index < -0.39 is 0 Å². The van der Waals surface area contributed by atoms with Crippen LogP contribution in [0.25, 0.3) is 0 Å². The first-order valence-corrected chi connectivity index (χ1v) is 10.0. The van der Waals surface area contributed by atoms with Crippen LogP contribution in [0.4, 0.5) is 5.69 Å². The number of carbonyl (C=O) groups is 2. The third kappa shape index (κ3) is 3.84. The molecule has 5 heteroatoms. The zero-order valence-corrected chi connectivity index (χ0v) is 15.9. The first-order chi connectivity index (χ1) is 13.7. The van der Waals surface area contributed by atoms with E-state index in [-0.39, 0.29) is 24.3 Å². The fraction of sp³-hybridized carbons (Fsp3) is 0.348. The number of hydrogen-bond donors (Lipinski definition) is 1. The van der Waals surface area contributed by atoms with Gasteiger partial charge < -0.3 is 5.32 Å². The molecule has 1 atom stereocenters. The van der Waals surface area contributed by atoms with Crippen molar-refractivity contribution < 1.29 is 9.59 Å². The summed E-state index contributed by atoms with van der Waals surface area (Å²) < 4.78 is 0. The summed E-state index contributed by atoms with van der Waals surface area (Å²) in [5.41, 5.74) is 3.49. The summed E-state index contributed by atoms with van der Waals surface area (Å²) in [5, 5.41) is 3.03. The molecule has 2 aliphatic rings. The molecule has 1 unspecified atom stereocenters. The Kier molecular flexibility index (Phi) is 5.51. The van der Waals surface area contributed by atoms with Crippen LogP contribution in [-0.4, -0.2) is 23.3 Å². The third-order valence-electron chi connectivity index (χ3n) is 5.48. The number of rotatable bonds is 6. The van der Waals surface area contributed by atoms with Gasteiger partial charge in [-0.1, -0.05) is 29.8 Å². The van der Waals surface area contributed by atoms with Gasteiger partial charge >= 0.3 is 0 Å². The van der Waals surface area contributed by atoms with Gasteiger partial charge in [-0.25, -0.2) is 0 Å². The number of nitrogens with zero attached hydrogens (tertiary/aromatic N) is 2. The van der Waals surface area contributed by atoms with Gasteiger partial charge in [-0.15, -0.1) is 0 Å². The van der Waals surface area contributed by atoms with Crippen LogP contribution in [0.1, 0.15) is 60.6 Å². The van der Waals surface area contributed by atoms with Crippen LogP contribution >= 0.6 is 0 Å². The second-order valence-corrected chi connectivity index (χ2v) is 7.37. The van der Waals surface area contributed by atoms with E-state index in [2.05, 4.69) is 16.4 Å². The van der Waals surface area contributed by atoms with Crippen LogP contribution < -0.4 is 10.2 Å². The van der Waals surface area contributed by atoms with Crippen molar-refractivity contribution in [2.24, 2.45) is 0 Å². The normalized spacial score (nSPS) is 18.6. The van der Waals surface area contributed by atoms with E-state index in [0.717, 1.165) is 24.9 Å². The number of hydrogen-bond acceptors (Lipinski definition) is 3. The van der Waals surface area contributed by atoms with E-state index >= 15 is 0 Å². The Morgan fingerprint density at radius 3 is 2.79 bits per heavy atom. The van der Waals surface area contributed by atoms with E-state index in [4.69, 9.17) is 0 Å². The highest BCUT2D eigenvalue weighted by Gasteiger charge is 2.39. The monoisotopic (exact) mass is 375 g/mol. The fourth-order valence-electron chi connectivity index (χ4n) is 4.07. The van der Waals surface area contributed by atoms with Gasteiger partial charge in [-0.3, -0.25) is 19.5 Å². The lowest BCUT2D eigenvalue weighted by molar-refractivity contribution is -0.121. The van der Waals surface area contributed by atoms with Crippen molar-refractivity contribution in [1.29, 1.82) is 0 Å². The lowest BCUT2D eigenvalue weighted by Gasteiger charge is -2.24. The molecule has 2 aromatic rings. The molecule has 4 rings (SSSR count).